The summed E-state index contributed by atoms with van der Waals surface area (Å²) in [6.07, 6.45) is 1.93. The summed E-state index contributed by atoms with van der Waals surface area (Å²) in [5, 5.41) is 16.5. The Labute approximate surface area is 253 Å². The number of carbonyl (C=O) groups excluding carboxylic acids is 3. The molecule has 0 saturated carbocycles. The number of nitrogens with zero attached hydrogens (tertiary/aromatic N) is 2. The molecule has 7 nitrogen and oxygen atoms in total. The lowest BCUT2D eigenvalue weighted by Crippen LogP contribution is -2.32. The van der Waals surface area contributed by atoms with Crippen molar-refractivity contribution in [3.8, 4) is 5.75 Å². The lowest BCUT2D eigenvalue weighted by Gasteiger charge is -2.24. The lowest BCUT2D eigenvalue weighted by atomic mass is 9.90. The first-order valence-electron chi connectivity index (χ1n) is 14.9. The fourth-order valence-corrected chi connectivity index (χ4v) is 5.21. The first kappa shape index (κ1) is 31.2. The standard InChI is InChI=1S/C36H39N3O4/c1-3-13-32(37-38-36(43)31-22-28-18-11-12-19-29(28)23-34(31)41)30(4-2)33(40)20-21-35(42)39(24-26-14-7-5-8-15-26)25-27-16-9-6-10-17-27/h5-12,14-19,22-23,30,41H,3-4,13,20-21,24-25H2,1-2H3,(H,38,43)/b37-32-/t30-/m1/s1. The summed E-state index contributed by atoms with van der Waals surface area (Å²) in [4.78, 5) is 41.6. The van der Waals surface area contributed by atoms with Crippen molar-refractivity contribution < 1.29 is 19.5 Å². The van der Waals surface area contributed by atoms with Crippen LogP contribution in [0.4, 0.5) is 0 Å². The minimum atomic E-state index is -0.549. The molecular formula is C36H39N3O4. The molecule has 0 spiro atoms. The second-order valence-corrected chi connectivity index (χ2v) is 10.7. The number of carbonyl (C=O) groups is 3. The monoisotopic (exact) mass is 577 g/mol. The summed E-state index contributed by atoms with van der Waals surface area (Å²) in [5.41, 5.74) is 5.29. The van der Waals surface area contributed by atoms with E-state index in [9.17, 15) is 19.5 Å². The Balaban J connectivity index is 1.44. The van der Waals surface area contributed by atoms with Crippen molar-refractivity contribution in [3.05, 3.63) is 114 Å². The van der Waals surface area contributed by atoms with Gasteiger partial charge in [0.25, 0.3) is 5.91 Å². The zero-order valence-corrected chi connectivity index (χ0v) is 24.8. The molecule has 0 unspecified atom stereocenters. The Morgan fingerprint density at radius 2 is 1.33 bits per heavy atom. The van der Waals surface area contributed by atoms with Crippen LogP contribution in [0.15, 0.2) is 102 Å². The van der Waals surface area contributed by atoms with E-state index in [1.165, 1.54) is 0 Å². The Bertz CT molecular complexity index is 1530. The van der Waals surface area contributed by atoms with Crippen LogP contribution in [0.1, 0.15) is 67.4 Å². The molecule has 0 saturated heterocycles. The molecule has 2 N–H and O–H groups in total. The first-order chi connectivity index (χ1) is 20.9. The van der Waals surface area contributed by atoms with Gasteiger partial charge < -0.3 is 10.0 Å². The number of hydrogen-bond acceptors (Lipinski definition) is 5. The predicted octanol–water partition coefficient (Wildman–Crippen LogP) is 7.04. The van der Waals surface area contributed by atoms with E-state index in [1.54, 1.807) is 17.0 Å². The van der Waals surface area contributed by atoms with Crippen molar-refractivity contribution in [2.24, 2.45) is 11.0 Å². The molecule has 43 heavy (non-hydrogen) atoms. The summed E-state index contributed by atoms with van der Waals surface area (Å²) >= 11 is 0. The van der Waals surface area contributed by atoms with E-state index in [-0.39, 0.29) is 35.8 Å². The third-order valence-corrected chi connectivity index (χ3v) is 7.49. The van der Waals surface area contributed by atoms with Gasteiger partial charge in [0.2, 0.25) is 5.91 Å². The predicted molar refractivity (Wildman–Crippen MR) is 171 cm³/mol. The SMILES string of the molecule is CCC/C(=N/NC(=O)c1cc2ccccc2cc1O)[C@@H](CC)C(=O)CCC(=O)N(Cc1ccccc1)Cc1ccccc1. The van der Waals surface area contributed by atoms with E-state index >= 15 is 0 Å². The molecule has 0 heterocycles. The number of hydrazone groups is 1. The Hall–Kier alpha value is -4.78. The highest BCUT2D eigenvalue weighted by molar-refractivity contribution is 6.07. The van der Waals surface area contributed by atoms with E-state index in [4.69, 9.17) is 0 Å². The van der Waals surface area contributed by atoms with Gasteiger partial charge in [-0.15, -0.1) is 0 Å². The molecule has 2 amide bonds. The van der Waals surface area contributed by atoms with E-state index in [1.807, 2.05) is 98.8 Å². The lowest BCUT2D eigenvalue weighted by molar-refractivity contribution is -0.134. The fraction of sp³-hybridized carbons (Fsp3) is 0.278. The summed E-state index contributed by atoms with van der Waals surface area (Å²) < 4.78 is 0. The number of amides is 2. The second kappa shape index (κ2) is 15.4. The highest BCUT2D eigenvalue weighted by Crippen LogP contribution is 2.25. The van der Waals surface area contributed by atoms with Crippen molar-refractivity contribution in [3.63, 3.8) is 0 Å². The number of aromatic hydroxyl groups is 1. The maximum Gasteiger partial charge on any atom is 0.275 e. The molecule has 0 fully saturated rings. The van der Waals surface area contributed by atoms with Crippen molar-refractivity contribution in [2.45, 2.75) is 59.0 Å². The number of ketones is 1. The Morgan fingerprint density at radius 1 is 0.767 bits per heavy atom. The summed E-state index contributed by atoms with van der Waals surface area (Å²) in [7, 11) is 0. The van der Waals surface area contributed by atoms with Crippen LogP contribution in [0.25, 0.3) is 10.8 Å². The normalized spacial score (nSPS) is 12.1. The summed E-state index contributed by atoms with van der Waals surface area (Å²) in [5.74, 6) is -1.38. The molecule has 4 aromatic rings. The van der Waals surface area contributed by atoms with Gasteiger partial charge in [-0.1, -0.05) is 105 Å². The quantitative estimate of drug-likeness (QED) is 0.124. The highest BCUT2D eigenvalue weighted by atomic mass is 16.3. The van der Waals surface area contributed by atoms with Crippen molar-refractivity contribution in [1.82, 2.24) is 10.3 Å². The molecule has 7 heteroatoms. The number of benzene rings is 4. The molecule has 0 bridgehead atoms. The average molecular weight is 578 g/mol. The highest BCUT2D eigenvalue weighted by Gasteiger charge is 2.25. The number of Topliss-reactive ketones (excluding diaryl/α,β-unsaturated/α-hetero) is 1. The smallest absolute Gasteiger partial charge is 0.275 e. The molecule has 0 aliphatic rings. The molecule has 222 valence electrons. The largest absolute Gasteiger partial charge is 0.507 e. The van der Waals surface area contributed by atoms with Crippen LogP contribution in [0.3, 0.4) is 0 Å². The van der Waals surface area contributed by atoms with E-state index in [0.717, 1.165) is 28.3 Å². The topological polar surface area (TPSA) is 99.1 Å². The molecule has 0 aliphatic carbocycles. The average Bonchev–Trinajstić information content (AvgIpc) is 3.03. The molecule has 0 radical (unpaired) electrons. The number of fused-ring (bicyclic) bond motifs is 1. The van der Waals surface area contributed by atoms with Crippen LogP contribution in [-0.4, -0.2) is 33.3 Å². The third kappa shape index (κ3) is 8.61. The van der Waals surface area contributed by atoms with Crippen molar-refractivity contribution in [2.75, 3.05) is 0 Å². The molecule has 0 aliphatic heterocycles. The molecule has 4 aromatic carbocycles. The number of nitrogens with one attached hydrogen (secondary N) is 1. The number of hydrogen-bond donors (Lipinski definition) is 2. The van der Waals surface area contributed by atoms with Gasteiger partial charge in [-0.2, -0.15) is 5.10 Å². The minimum Gasteiger partial charge on any atom is -0.507 e. The van der Waals surface area contributed by atoms with Gasteiger partial charge in [0.1, 0.15) is 11.5 Å². The molecule has 0 aromatic heterocycles. The van der Waals surface area contributed by atoms with Crippen molar-refractivity contribution >= 4 is 34.1 Å². The van der Waals surface area contributed by atoms with Crippen LogP contribution in [0.2, 0.25) is 0 Å². The molecular weight excluding hydrogens is 538 g/mol. The van der Waals surface area contributed by atoms with Crippen LogP contribution in [0.5, 0.6) is 5.75 Å². The Morgan fingerprint density at radius 3 is 1.88 bits per heavy atom. The van der Waals surface area contributed by atoms with Gasteiger partial charge in [-0.3, -0.25) is 14.4 Å². The number of phenols is 1. The second-order valence-electron chi connectivity index (χ2n) is 10.7. The zero-order valence-electron chi connectivity index (χ0n) is 24.8. The Kier molecular flexibility index (Phi) is 11.2. The first-order valence-corrected chi connectivity index (χ1v) is 14.9. The van der Waals surface area contributed by atoms with Crippen molar-refractivity contribution in [1.29, 1.82) is 0 Å². The van der Waals surface area contributed by atoms with Crippen LogP contribution in [0, 0.1) is 5.92 Å². The molecule has 1 atom stereocenters. The van der Waals surface area contributed by atoms with E-state index < -0.39 is 11.8 Å². The van der Waals surface area contributed by atoms with Gasteiger partial charge in [0.05, 0.1) is 11.5 Å². The van der Waals surface area contributed by atoms with Gasteiger partial charge in [-0.05, 0) is 46.9 Å². The van der Waals surface area contributed by atoms with Gasteiger partial charge in [0, 0.05) is 31.6 Å². The fourth-order valence-electron chi connectivity index (χ4n) is 5.21. The summed E-state index contributed by atoms with van der Waals surface area (Å²) in [6, 6.07) is 30.3. The maximum atomic E-state index is 13.4. The van der Waals surface area contributed by atoms with Gasteiger partial charge >= 0.3 is 0 Å². The van der Waals surface area contributed by atoms with Crippen LogP contribution in [-0.2, 0) is 22.7 Å². The third-order valence-electron chi connectivity index (χ3n) is 7.49. The van der Waals surface area contributed by atoms with Crippen LogP contribution < -0.4 is 5.43 Å². The molecule has 4 rings (SSSR count). The van der Waals surface area contributed by atoms with E-state index in [2.05, 4.69) is 10.5 Å². The summed E-state index contributed by atoms with van der Waals surface area (Å²) in [6.45, 7) is 4.80. The minimum absolute atomic E-state index is 0.0785. The number of phenolic OH excluding ortho intramolecular Hbond substituents is 1. The van der Waals surface area contributed by atoms with Crippen LogP contribution >= 0.6 is 0 Å². The maximum absolute atomic E-state index is 13.4. The zero-order chi connectivity index (χ0) is 30.6. The van der Waals surface area contributed by atoms with Gasteiger partial charge in [0.15, 0.2) is 0 Å². The number of rotatable bonds is 14. The van der Waals surface area contributed by atoms with E-state index in [0.29, 0.717) is 31.6 Å². The van der Waals surface area contributed by atoms with Gasteiger partial charge in [-0.25, -0.2) is 5.43 Å².